The maximum atomic E-state index is 12.3. The van der Waals surface area contributed by atoms with Crippen molar-refractivity contribution < 1.29 is 13.5 Å². The lowest BCUT2D eigenvalue weighted by molar-refractivity contribution is 0.154. The molecule has 0 aromatic rings. The van der Waals surface area contributed by atoms with Gasteiger partial charge in [0.15, 0.2) is 0 Å². The Balaban J connectivity index is 2.35. The molecule has 4 nitrogen and oxygen atoms in total. The minimum Gasteiger partial charge on any atom is -0.396 e. The zero-order valence-electron chi connectivity index (χ0n) is 13.3. The lowest BCUT2D eigenvalue weighted by atomic mass is 9.76. The van der Waals surface area contributed by atoms with Crippen molar-refractivity contribution in [3.63, 3.8) is 0 Å². The zero-order chi connectivity index (χ0) is 15.2. The summed E-state index contributed by atoms with van der Waals surface area (Å²) in [6.45, 7) is 8.28. The zero-order valence-corrected chi connectivity index (χ0v) is 14.1. The van der Waals surface area contributed by atoms with Gasteiger partial charge in [-0.3, -0.25) is 0 Å². The highest BCUT2D eigenvalue weighted by atomic mass is 32.2. The molecule has 1 heterocycles. The number of piperidine rings is 1. The summed E-state index contributed by atoms with van der Waals surface area (Å²) in [5.41, 5.74) is 0.278. The standard InChI is InChI=1S/C15H31NO3S/c1-15(2,3)14-8-10-16(11-9-14)20(18,19)13-7-5-4-6-12-17/h14,17H,4-13H2,1-3H3. The van der Waals surface area contributed by atoms with Crippen LogP contribution in [0.25, 0.3) is 0 Å². The average Bonchev–Trinajstić information content (AvgIpc) is 2.37. The first kappa shape index (κ1) is 17.9. The van der Waals surface area contributed by atoms with Gasteiger partial charge in [0.05, 0.1) is 5.75 Å². The topological polar surface area (TPSA) is 57.6 Å². The van der Waals surface area contributed by atoms with Crippen LogP contribution in [0.4, 0.5) is 0 Å². The van der Waals surface area contributed by atoms with Crippen LogP contribution in [0.1, 0.15) is 59.3 Å². The molecule has 1 fully saturated rings. The molecule has 120 valence electrons. The average molecular weight is 305 g/mol. The first-order valence-electron chi connectivity index (χ1n) is 7.86. The van der Waals surface area contributed by atoms with E-state index in [1.807, 2.05) is 0 Å². The van der Waals surface area contributed by atoms with Crippen molar-refractivity contribution in [2.75, 3.05) is 25.4 Å². The quantitative estimate of drug-likeness (QED) is 0.736. The van der Waals surface area contributed by atoms with E-state index < -0.39 is 10.0 Å². The molecular weight excluding hydrogens is 274 g/mol. The van der Waals surface area contributed by atoms with Gasteiger partial charge in [-0.2, -0.15) is 0 Å². The van der Waals surface area contributed by atoms with Crippen LogP contribution in [-0.4, -0.2) is 43.3 Å². The third kappa shape index (κ3) is 5.70. The van der Waals surface area contributed by atoms with Crippen molar-refractivity contribution in [2.24, 2.45) is 11.3 Å². The number of aliphatic hydroxyl groups is 1. The predicted molar refractivity (Wildman–Crippen MR) is 83.1 cm³/mol. The van der Waals surface area contributed by atoms with Crippen molar-refractivity contribution in [3.05, 3.63) is 0 Å². The molecule has 1 saturated heterocycles. The van der Waals surface area contributed by atoms with Crippen molar-refractivity contribution in [3.8, 4) is 0 Å². The fourth-order valence-corrected chi connectivity index (χ4v) is 4.47. The van der Waals surface area contributed by atoms with E-state index in [9.17, 15) is 8.42 Å². The number of hydrogen-bond acceptors (Lipinski definition) is 3. The SMILES string of the molecule is CC(C)(C)C1CCN(S(=O)(=O)CCCCCCO)CC1. The van der Waals surface area contributed by atoms with E-state index in [4.69, 9.17) is 5.11 Å². The van der Waals surface area contributed by atoms with Gasteiger partial charge in [0.2, 0.25) is 10.0 Å². The van der Waals surface area contributed by atoms with Gasteiger partial charge >= 0.3 is 0 Å². The molecule has 0 aliphatic carbocycles. The molecule has 0 radical (unpaired) electrons. The number of aliphatic hydroxyl groups excluding tert-OH is 1. The van der Waals surface area contributed by atoms with Crippen molar-refractivity contribution in [2.45, 2.75) is 59.3 Å². The first-order chi connectivity index (χ1) is 9.27. The van der Waals surface area contributed by atoms with Crippen LogP contribution in [0.5, 0.6) is 0 Å². The van der Waals surface area contributed by atoms with Crippen LogP contribution in [0, 0.1) is 11.3 Å². The molecule has 1 rings (SSSR count). The molecule has 1 aliphatic heterocycles. The molecule has 20 heavy (non-hydrogen) atoms. The van der Waals surface area contributed by atoms with Crippen LogP contribution in [0.3, 0.4) is 0 Å². The maximum absolute atomic E-state index is 12.3. The third-order valence-corrected chi connectivity index (χ3v) is 6.34. The summed E-state index contributed by atoms with van der Waals surface area (Å²) < 4.78 is 26.2. The third-order valence-electron chi connectivity index (χ3n) is 4.38. The van der Waals surface area contributed by atoms with Crippen LogP contribution >= 0.6 is 0 Å². The molecule has 1 N–H and O–H groups in total. The Kier molecular flexibility index (Phi) is 6.95. The lowest BCUT2D eigenvalue weighted by Crippen LogP contribution is -2.42. The number of unbranched alkanes of at least 4 members (excludes halogenated alkanes) is 3. The maximum Gasteiger partial charge on any atom is 0.214 e. The molecule has 0 unspecified atom stereocenters. The highest BCUT2D eigenvalue weighted by Crippen LogP contribution is 2.34. The monoisotopic (exact) mass is 305 g/mol. The van der Waals surface area contributed by atoms with Crippen molar-refractivity contribution in [1.82, 2.24) is 4.31 Å². The Bertz CT molecular complexity index is 365. The number of hydrogen-bond donors (Lipinski definition) is 1. The minimum atomic E-state index is -3.07. The minimum absolute atomic E-state index is 0.201. The van der Waals surface area contributed by atoms with E-state index in [1.165, 1.54) is 0 Å². The smallest absolute Gasteiger partial charge is 0.214 e. The van der Waals surface area contributed by atoms with Crippen LogP contribution in [-0.2, 0) is 10.0 Å². The van der Waals surface area contributed by atoms with E-state index in [-0.39, 0.29) is 17.8 Å². The van der Waals surface area contributed by atoms with Gasteiger partial charge in [-0.05, 0) is 37.0 Å². The molecule has 0 atom stereocenters. The number of nitrogens with zero attached hydrogens (tertiary/aromatic N) is 1. The number of rotatable bonds is 7. The molecule has 0 saturated carbocycles. The van der Waals surface area contributed by atoms with Crippen molar-refractivity contribution >= 4 is 10.0 Å². The van der Waals surface area contributed by atoms with Crippen molar-refractivity contribution in [1.29, 1.82) is 0 Å². The Morgan fingerprint density at radius 2 is 1.60 bits per heavy atom. The normalized spacial score (nSPS) is 19.4. The second-order valence-corrected chi connectivity index (χ2v) is 9.08. The summed E-state index contributed by atoms with van der Waals surface area (Å²) in [6, 6.07) is 0. The number of sulfonamides is 1. The van der Waals surface area contributed by atoms with Gasteiger partial charge in [-0.25, -0.2) is 12.7 Å². The Morgan fingerprint density at radius 1 is 1.05 bits per heavy atom. The predicted octanol–water partition coefficient (Wildman–Crippen LogP) is 2.63. The second-order valence-electron chi connectivity index (χ2n) is 6.99. The molecule has 0 amide bonds. The van der Waals surface area contributed by atoms with Gasteiger partial charge in [-0.15, -0.1) is 0 Å². The summed E-state index contributed by atoms with van der Waals surface area (Å²) in [5, 5.41) is 8.69. The Labute approximate surface area is 124 Å². The highest BCUT2D eigenvalue weighted by molar-refractivity contribution is 7.89. The summed E-state index contributed by atoms with van der Waals surface area (Å²) >= 11 is 0. The van der Waals surface area contributed by atoms with E-state index in [0.29, 0.717) is 25.4 Å². The molecule has 0 bridgehead atoms. The fraction of sp³-hybridized carbons (Fsp3) is 1.00. The molecule has 0 spiro atoms. The van der Waals surface area contributed by atoms with Crippen LogP contribution < -0.4 is 0 Å². The fourth-order valence-electron chi connectivity index (χ4n) is 2.88. The van der Waals surface area contributed by atoms with E-state index >= 15 is 0 Å². The second kappa shape index (κ2) is 7.76. The molecule has 5 heteroatoms. The molecule has 1 aliphatic rings. The summed E-state index contributed by atoms with van der Waals surface area (Å²) in [7, 11) is -3.07. The molecular formula is C15H31NO3S. The highest BCUT2D eigenvalue weighted by Gasteiger charge is 2.32. The Hall–Kier alpha value is -0.130. The van der Waals surface area contributed by atoms with E-state index in [0.717, 1.165) is 32.1 Å². The van der Waals surface area contributed by atoms with E-state index in [2.05, 4.69) is 20.8 Å². The van der Waals surface area contributed by atoms with Gasteiger partial charge in [0.1, 0.15) is 0 Å². The summed E-state index contributed by atoms with van der Waals surface area (Å²) in [6.07, 6.45) is 5.25. The first-order valence-corrected chi connectivity index (χ1v) is 9.47. The molecule has 0 aromatic carbocycles. The lowest BCUT2D eigenvalue weighted by Gasteiger charge is -2.38. The van der Waals surface area contributed by atoms with Gasteiger partial charge in [-0.1, -0.05) is 33.6 Å². The van der Waals surface area contributed by atoms with Gasteiger partial charge in [0, 0.05) is 19.7 Å². The Morgan fingerprint density at radius 3 is 2.10 bits per heavy atom. The van der Waals surface area contributed by atoms with Gasteiger partial charge in [0.25, 0.3) is 0 Å². The summed E-state index contributed by atoms with van der Waals surface area (Å²) in [5.74, 6) is 0.886. The van der Waals surface area contributed by atoms with Crippen LogP contribution in [0.15, 0.2) is 0 Å². The van der Waals surface area contributed by atoms with Crippen LogP contribution in [0.2, 0.25) is 0 Å². The van der Waals surface area contributed by atoms with Gasteiger partial charge < -0.3 is 5.11 Å². The summed E-state index contributed by atoms with van der Waals surface area (Å²) in [4.78, 5) is 0. The van der Waals surface area contributed by atoms with E-state index in [1.54, 1.807) is 4.31 Å². The largest absolute Gasteiger partial charge is 0.396 e. The molecule has 0 aromatic heterocycles.